The third kappa shape index (κ3) is 1.66. The zero-order chi connectivity index (χ0) is 8.44. The molecule has 1 nitrogen and oxygen atoms in total. The van der Waals surface area contributed by atoms with Gasteiger partial charge in [0.05, 0.1) is 0 Å². The molecule has 2 aliphatic rings. The summed E-state index contributed by atoms with van der Waals surface area (Å²) in [5, 5.41) is 3.60. The molecule has 0 aromatic rings. The van der Waals surface area contributed by atoms with E-state index >= 15 is 0 Å². The predicted molar refractivity (Wildman–Crippen MR) is 52.2 cm³/mol. The van der Waals surface area contributed by atoms with Crippen LogP contribution in [0.1, 0.15) is 45.4 Å². The van der Waals surface area contributed by atoms with Crippen molar-refractivity contribution in [2.45, 2.75) is 45.4 Å². The van der Waals surface area contributed by atoms with Crippen LogP contribution in [0.25, 0.3) is 0 Å². The van der Waals surface area contributed by atoms with Gasteiger partial charge in [-0.25, -0.2) is 0 Å². The minimum atomic E-state index is 0.718. The van der Waals surface area contributed by atoms with E-state index in [9.17, 15) is 0 Å². The van der Waals surface area contributed by atoms with Gasteiger partial charge in [-0.3, -0.25) is 0 Å². The third-order valence-electron chi connectivity index (χ3n) is 3.69. The van der Waals surface area contributed by atoms with Gasteiger partial charge < -0.3 is 5.32 Å². The van der Waals surface area contributed by atoms with E-state index in [2.05, 4.69) is 12.2 Å². The Balaban J connectivity index is 1.97. The number of nitrogens with one attached hydrogen (secondary N) is 1. The molecule has 2 fully saturated rings. The summed E-state index contributed by atoms with van der Waals surface area (Å²) in [4.78, 5) is 0. The van der Waals surface area contributed by atoms with Crippen LogP contribution in [0.5, 0.6) is 0 Å². The first-order chi connectivity index (χ1) is 5.81. The Labute approximate surface area is 75.9 Å². The lowest BCUT2D eigenvalue weighted by atomic mass is 9.67. The lowest BCUT2D eigenvalue weighted by Crippen LogP contribution is -2.44. The molecule has 1 atom stereocenters. The molecule has 2 rings (SSSR count). The molecular weight excluding hydrogens is 146 g/mol. The van der Waals surface area contributed by atoms with Crippen molar-refractivity contribution >= 4 is 0 Å². The lowest BCUT2D eigenvalue weighted by Gasteiger charge is -2.43. The van der Waals surface area contributed by atoms with Gasteiger partial charge in [-0.15, -0.1) is 0 Å². The van der Waals surface area contributed by atoms with Gasteiger partial charge in [0.2, 0.25) is 0 Å². The first-order valence-corrected chi connectivity index (χ1v) is 5.52. The second-order valence-corrected chi connectivity index (χ2v) is 5.00. The van der Waals surface area contributed by atoms with Crippen LogP contribution in [0.3, 0.4) is 0 Å². The molecule has 1 aliphatic heterocycles. The highest BCUT2D eigenvalue weighted by Gasteiger charge is 2.35. The molecule has 1 spiro atoms. The Hall–Kier alpha value is -0.0400. The van der Waals surface area contributed by atoms with Gasteiger partial charge in [-0.05, 0) is 37.1 Å². The Morgan fingerprint density at radius 3 is 2.58 bits per heavy atom. The van der Waals surface area contributed by atoms with Gasteiger partial charge in [0.15, 0.2) is 0 Å². The summed E-state index contributed by atoms with van der Waals surface area (Å²) >= 11 is 0. The average Bonchev–Trinajstić information content (AvgIpc) is 2.05. The normalized spacial score (nSPS) is 35.2. The minimum Gasteiger partial charge on any atom is -0.316 e. The van der Waals surface area contributed by atoms with E-state index in [4.69, 9.17) is 0 Å². The predicted octanol–water partition coefficient (Wildman–Crippen LogP) is 2.57. The van der Waals surface area contributed by atoms with Gasteiger partial charge >= 0.3 is 0 Å². The van der Waals surface area contributed by atoms with Crippen molar-refractivity contribution in [1.82, 2.24) is 5.32 Å². The quantitative estimate of drug-likeness (QED) is 0.584. The van der Waals surface area contributed by atoms with Crippen LogP contribution in [0.4, 0.5) is 0 Å². The molecule has 0 aromatic carbocycles. The van der Waals surface area contributed by atoms with E-state index < -0.39 is 0 Å². The second-order valence-electron chi connectivity index (χ2n) is 5.00. The Morgan fingerprint density at radius 2 is 1.92 bits per heavy atom. The number of hydrogen-bond acceptors (Lipinski definition) is 1. The van der Waals surface area contributed by atoms with E-state index in [-0.39, 0.29) is 0 Å². The lowest BCUT2D eigenvalue weighted by molar-refractivity contribution is 0.110. The number of hydrogen-bond donors (Lipinski definition) is 1. The van der Waals surface area contributed by atoms with Gasteiger partial charge in [0, 0.05) is 6.54 Å². The second kappa shape index (κ2) is 3.37. The summed E-state index contributed by atoms with van der Waals surface area (Å²) in [5.74, 6) is 0.914. The number of piperidine rings is 1. The molecule has 1 unspecified atom stereocenters. The first kappa shape index (κ1) is 8.55. The van der Waals surface area contributed by atoms with E-state index in [0.717, 1.165) is 11.3 Å². The van der Waals surface area contributed by atoms with Crippen LogP contribution in [0.15, 0.2) is 0 Å². The van der Waals surface area contributed by atoms with Crippen LogP contribution in [0.2, 0.25) is 0 Å². The molecular formula is C11H21N. The van der Waals surface area contributed by atoms with Crippen molar-refractivity contribution < 1.29 is 0 Å². The smallest absolute Gasteiger partial charge is 0.000803 e. The maximum atomic E-state index is 3.60. The van der Waals surface area contributed by atoms with Gasteiger partial charge in [-0.1, -0.05) is 26.2 Å². The number of rotatable bonds is 0. The fraction of sp³-hybridized carbons (Fsp3) is 1.00. The highest BCUT2D eigenvalue weighted by atomic mass is 14.9. The van der Waals surface area contributed by atoms with Crippen molar-refractivity contribution in [1.29, 1.82) is 0 Å². The Kier molecular flexibility index (Phi) is 2.40. The van der Waals surface area contributed by atoms with Gasteiger partial charge in [-0.2, -0.15) is 0 Å². The van der Waals surface area contributed by atoms with Crippen LogP contribution < -0.4 is 5.32 Å². The molecule has 0 radical (unpaired) electrons. The largest absolute Gasteiger partial charge is 0.316 e. The van der Waals surface area contributed by atoms with Crippen molar-refractivity contribution in [3.05, 3.63) is 0 Å². The maximum Gasteiger partial charge on any atom is 0.000803 e. The summed E-state index contributed by atoms with van der Waals surface area (Å²) in [6, 6.07) is 0. The summed E-state index contributed by atoms with van der Waals surface area (Å²) < 4.78 is 0. The van der Waals surface area contributed by atoms with Crippen LogP contribution >= 0.6 is 0 Å². The molecule has 1 heterocycles. The Bertz CT molecular complexity index is 142. The molecule has 1 N–H and O–H groups in total. The average molecular weight is 167 g/mol. The topological polar surface area (TPSA) is 12.0 Å². The molecule has 1 saturated carbocycles. The molecule has 0 aromatic heterocycles. The molecule has 1 aliphatic carbocycles. The van der Waals surface area contributed by atoms with Crippen LogP contribution in [-0.2, 0) is 0 Å². The SMILES string of the molecule is CC1CNCC2(CCCCC2)C1. The third-order valence-corrected chi connectivity index (χ3v) is 3.69. The summed E-state index contributed by atoms with van der Waals surface area (Å²) in [6.45, 7) is 4.95. The van der Waals surface area contributed by atoms with Crippen LogP contribution in [-0.4, -0.2) is 13.1 Å². The van der Waals surface area contributed by atoms with Crippen LogP contribution in [0, 0.1) is 11.3 Å². The van der Waals surface area contributed by atoms with E-state index in [1.165, 1.54) is 51.6 Å². The minimum absolute atomic E-state index is 0.718. The zero-order valence-corrected chi connectivity index (χ0v) is 8.23. The molecule has 0 bridgehead atoms. The van der Waals surface area contributed by atoms with Gasteiger partial charge in [0.25, 0.3) is 0 Å². The fourth-order valence-electron chi connectivity index (χ4n) is 3.15. The maximum absolute atomic E-state index is 3.60. The molecule has 1 heteroatoms. The Morgan fingerprint density at radius 1 is 1.17 bits per heavy atom. The first-order valence-electron chi connectivity index (χ1n) is 5.52. The van der Waals surface area contributed by atoms with E-state index in [1.54, 1.807) is 0 Å². The summed E-state index contributed by atoms with van der Waals surface area (Å²) in [7, 11) is 0. The summed E-state index contributed by atoms with van der Waals surface area (Å²) in [6.07, 6.45) is 8.91. The molecule has 70 valence electrons. The van der Waals surface area contributed by atoms with Crippen molar-refractivity contribution in [3.63, 3.8) is 0 Å². The molecule has 12 heavy (non-hydrogen) atoms. The molecule has 1 saturated heterocycles. The van der Waals surface area contributed by atoms with Gasteiger partial charge in [0.1, 0.15) is 0 Å². The molecule has 0 amide bonds. The van der Waals surface area contributed by atoms with E-state index in [0.29, 0.717) is 0 Å². The highest BCUT2D eigenvalue weighted by molar-refractivity contribution is 4.89. The zero-order valence-electron chi connectivity index (χ0n) is 8.23. The monoisotopic (exact) mass is 167 g/mol. The van der Waals surface area contributed by atoms with Crippen molar-refractivity contribution in [2.75, 3.05) is 13.1 Å². The van der Waals surface area contributed by atoms with E-state index in [1.807, 2.05) is 0 Å². The fourth-order valence-corrected chi connectivity index (χ4v) is 3.15. The summed E-state index contributed by atoms with van der Waals surface area (Å²) in [5.41, 5.74) is 0.718. The standard InChI is InChI=1S/C11H21N/c1-10-7-11(9-12-8-10)5-3-2-4-6-11/h10,12H,2-9H2,1H3. The van der Waals surface area contributed by atoms with Crippen molar-refractivity contribution in [2.24, 2.45) is 11.3 Å². The van der Waals surface area contributed by atoms with Crippen molar-refractivity contribution in [3.8, 4) is 0 Å². The highest BCUT2D eigenvalue weighted by Crippen LogP contribution is 2.42.